The van der Waals surface area contributed by atoms with E-state index >= 15 is 0 Å². The molecule has 0 bridgehead atoms. The van der Waals surface area contributed by atoms with Gasteiger partial charge in [0.2, 0.25) is 0 Å². The Labute approximate surface area is 173 Å². The number of anilines is 1. The standard InChI is InChI=1S/C21H21ClN4O3/c1-4-15-5-7-16(8-6-15)23-19(27)12-29-21(28)20-17(22)9-10-18(24-20)26-14(3)11-13(2)25-26/h5-11H,4,12H2,1-3H3,(H,23,27). The number of pyridine rings is 1. The molecule has 0 saturated carbocycles. The average molecular weight is 413 g/mol. The van der Waals surface area contributed by atoms with Crippen LogP contribution in [-0.4, -0.2) is 33.2 Å². The van der Waals surface area contributed by atoms with Gasteiger partial charge in [0.1, 0.15) is 0 Å². The molecule has 0 fully saturated rings. The second-order valence-electron chi connectivity index (χ2n) is 6.51. The number of nitrogens with zero attached hydrogens (tertiary/aromatic N) is 3. The molecule has 8 heteroatoms. The molecule has 0 aliphatic rings. The number of rotatable bonds is 6. The molecule has 0 unspecified atom stereocenters. The number of benzene rings is 1. The molecule has 2 heterocycles. The van der Waals surface area contributed by atoms with E-state index in [1.54, 1.807) is 28.9 Å². The summed E-state index contributed by atoms with van der Waals surface area (Å²) in [5.41, 5.74) is 3.41. The zero-order valence-corrected chi connectivity index (χ0v) is 17.2. The third-order valence-corrected chi connectivity index (χ3v) is 4.54. The summed E-state index contributed by atoms with van der Waals surface area (Å²) in [6.45, 7) is 5.35. The van der Waals surface area contributed by atoms with Crippen molar-refractivity contribution in [2.24, 2.45) is 0 Å². The van der Waals surface area contributed by atoms with Crippen LogP contribution in [0.4, 0.5) is 5.69 Å². The van der Waals surface area contributed by atoms with Crippen LogP contribution in [0.2, 0.25) is 5.02 Å². The van der Waals surface area contributed by atoms with Crippen LogP contribution < -0.4 is 5.32 Å². The van der Waals surface area contributed by atoms with Gasteiger partial charge in [0.25, 0.3) is 5.91 Å². The van der Waals surface area contributed by atoms with E-state index in [1.165, 1.54) is 0 Å². The Morgan fingerprint density at radius 3 is 2.48 bits per heavy atom. The van der Waals surface area contributed by atoms with E-state index in [0.717, 1.165) is 23.4 Å². The maximum atomic E-state index is 12.4. The number of aryl methyl sites for hydroxylation is 3. The van der Waals surface area contributed by atoms with Gasteiger partial charge >= 0.3 is 5.97 Å². The Kier molecular flexibility index (Phi) is 6.29. The smallest absolute Gasteiger partial charge is 0.359 e. The van der Waals surface area contributed by atoms with Crippen molar-refractivity contribution < 1.29 is 14.3 Å². The molecule has 0 saturated heterocycles. The number of carbonyl (C=O) groups is 2. The van der Waals surface area contributed by atoms with Crippen LogP contribution in [0.25, 0.3) is 5.82 Å². The molecule has 29 heavy (non-hydrogen) atoms. The third kappa shape index (κ3) is 5.00. The molecule has 0 aliphatic carbocycles. The monoisotopic (exact) mass is 412 g/mol. The summed E-state index contributed by atoms with van der Waals surface area (Å²) in [4.78, 5) is 28.7. The number of carbonyl (C=O) groups excluding carboxylic acids is 2. The molecule has 7 nitrogen and oxygen atoms in total. The lowest BCUT2D eigenvalue weighted by molar-refractivity contribution is -0.119. The summed E-state index contributed by atoms with van der Waals surface area (Å²) >= 11 is 6.10. The Bertz CT molecular complexity index is 1040. The van der Waals surface area contributed by atoms with Crippen molar-refractivity contribution in [2.45, 2.75) is 27.2 Å². The number of esters is 1. The number of ether oxygens (including phenoxy) is 1. The van der Waals surface area contributed by atoms with E-state index in [2.05, 4.69) is 22.3 Å². The fourth-order valence-corrected chi connectivity index (χ4v) is 2.96. The van der Waals surface area contributed by atoms with Crippen molar-refractivity contribution in [1.29, 1.82) is 0 Å². The van der Waals surface area contributed by atoms with E-state index in [-0.39, 0.29) is 10.7 Å². The Balaban J connectivity index is 1.66. The first kappa shape index (κ1) is 20.5. The number of aromatic nitrogens is 3. The SMILES string of the molecule is CCc1ccc(NC(=O)COC(=O)c2nc(-n3nc(C)cc3C)ccc2Cl)cc1. The maximum absolute atomic E-state index is 12.4. The van der Waals surface area contributed by atoms with Crippen molar-refractivity contribution in [3.8, 4) is 5.82 Å². The highest BCUT2D eigenvalue weighted by Crippen LogP contribution is 2.18. The number of hydrogen-bond donors (Lipinski definition) is 1. The fraction of sp³-hybridized carbons (Fsp3) is 0.238. The van der Waals surface area contributed by atoms with Crippen molar-refractivity contribution in [1.82, 2.24) is 14.8 Å². The molecular formula is C21H21ClN4O3. The van der Waals surface area contributed by atoms with E-state index in [1.807, 2.05) is 32.0 Å². The molecule has 0 radical (unpaired) electrons. The summed E-state index contributed by atoms with van der Waals surface area (Å²) in [5, 5.41) is 7.15. The second kappa shape index (κ2) is 8.87. The zero-order chi connectivity index (χ0) is 21.0. The number of hydrogen-bond acceptors (Lipinski definition) is 5. The van der Waals surface area contributed by atoms with Crippen molar-refractivity contribution >= 4 is 29.2 Å². The molecule has 1 amide bonds. The van der Waals surface area contributed by atoms with Gasteiger partial charge in [0.05, 0.1) is 10.7 Å². The van der Waals surface area contributed by atoms with Gasteiger partial charge in [-0.1, -0.05) is 30.7 Å². The highest BCUT2D eigenvalue weighted by Gasteiger charge is 2.18. The van der Waals surface area contributed by atoms with Gasteiger partial charge in [0.15, 0.2) is 18.1 Å². The lowest BCUT2D eigenvalue weighted by atomic mass is 10.1. The fourth-order valence-electron chi connectivity index (χ4n) is 2.77. The van der Waals surface area contributed by atoms with Crippen LogP contribution in [-0.2, 0) is 16.0 Å². The summed E-state index contributed by atoms with van der Waals surface area (Å²) in [6, 6.07) is 12.6. The van der Waals surface area contributed by atoms with E-state index < -0.39 is 18.5 Å². The van der Waals surface area contributed by atoms with Gasteiger partial charge in [-0.15, -0.1) is 0 Å². The topological polar surface area (TPSA) is 86.1 Å². The normalized spacial score (nSPS) is 10.6. The van der Waals surface area contributed by atoms with Gasteiger partial charge in [-0.25, -0.2) is 14.5 Å². The van der Waals surface area contributed by atoms with Crippen molar-refractivity contribution in [2.75, 3.05) is 11.9 Å². The third-order valence-electron chi connectivity index (χ3n) is 4.23. The summed E-state index contributed by atoms with van der Waals surface area (Å²) in [7, 11) is 0. The molecule has 1 N–H and O–H groups in total. The summed E-state index contributed by atoms with van der Waals surface area (Å²) < 4.78 is 6.69. The lowest BCUT2D eigenvalue weighted by Crippen LogP contribution is -2.21. The van der Waals surface area contributed by atoms with E-state index in [4.69, 9.17) is 16.3 Å². The molecule has 0 atom stereocenters. The van der Waals surface area contributed by atoms with Gasteiger partial charge in [-0.05, 0) is 56.2 Å². The highest BCUT2D eigenvalue weighted by molar-refractivity contribution is 6.33. The van der Waals surface area contributed by atoms with Gasteiger partial charge in [0, 0.05) is 11.4 Å². The first-order chi connectivity index (χ1) is 13.9. The molecule has 0 aliphatic heterocycles. The van der Waals surface area contributed by atoms with Crippen molar-refractivity contribution in [3.05, 3.63) is 70.1 Å². The van der Waals surface area contributed by atoms with Crippen LogP contribution >= 0.6 is 11.6 Å². The minimum atomic E-state index is -0.783. The minimum Gasteiger partial charge on any atom is -0.451 e. The lowest BCUT2D eigenvalue weighted by Gasteiger charge is -2.09. The Morgan fingerprint density at radius 1 is 1.14 bits per heavy atom. The average Bonchev–Trinajstić information content (AvgIpc) is 3.05. The Morgan fingerprint density at radius 2 is 1.86 bits per heavy atom. The quantitative estimate of drug-likeness (QED) is 0.620. The van der Waals surface area contributed by atoms with E-state index in [9.17, 15) is 9.59 Å². The first-order valence-electron chi connectivity index (χ1n) is 9.13. The number of halogens is 1. The zero-order valence-electron chi connectivity index (χ0n) is 16.4. The predicted octanol–water partition coefficient (Wildman–Crippen LogP) is 3.90. The van der Waals surface area contributed by atoms with Crippen LogP contribution in [0.5, 0.6) is 0 Å². The molecule has 0 spiro atoms. The first-order valence-corrected chi connectivity index (χ1v) is 9.51. The highest BCUT2D eigenvalue weighted by atomic mass is 35.5. The van der Waals surface area contributed by atoms with Crippen LogP contribution in [0.15, 0.2) is 42.5 Å². The van der Waals surface area contributed by atoms with Crippen LogP contribution in [0, 0.1) is 13.8 Å². The predicted molar refractivity (Wildman–Crippen MR) is 111 cm³/mol. The largest absolute Gasteiger partial charge is 0.451 e. The molecule has 3 rings (SSSR count). The van der Waals surface area contributed by atoms with Crippen molar-refractivity contribution in [3.63, 3.8) is 0 Å². The molecule has 3 aromatic rings. The Hall–Kier alpha value is -3.19. The van der Waals surface area contributed by atoms with Crippen LogP contribution in [0.3, 0.4) is 0 Å². The van der Waals surface area contributed by atoms with Crippen LogP contribution in [0.1, 0.15) is 34.4 Å². The van der Waals surface area contributed by atoms with Gasteiger partial charge < -0.3 is 10.1 Å². The maximum Gasteiger partial charge on any atom is 0.359 e. The molecule has 1 aromatic carbocycles. The number of amides is 1. The van der Waals surface area contributed by atoms with E-state index in [0.29, 0.717) is 11.5 Å². The second-order valence-corrected chi connectivity index (χ2v) is 6.92. The summed E-state index contributed by atoms with van der Waals surface area (Å²) in [6.07, 6.45) is 0.913. The van der Waals surface area contributed by atoms with Gasteiger partial charge in [-0.3, -0.25) is 4.79 Å². The summed E-state index contributed by atoms with van der Waals surface area (Å²) in [5.74, 6) is -0.796. The minimum absolute atomic E-state index is 0.0724. The molecular weight excluding hydrogens is 392 g/mol. The molecule has 2 aromatic heterocycles. The number of nitrogens with one attached hydrogen (secondary N) is 1. The van der Waals surface area contributed by atoms with Gasteiger partial charge in [-0.2, -0.15) is 5.10 Å². The molecule has 150 valence electrons.